The SMILES string of the molecule is Nc1ccc(F)cc1NC(=O)COCC(F)F. The lowest BCUT2D eigenvalue weighted by atomic mass is 10.2. The van der Waals surface area contributed by atoms with Gasteiger partial charge in [0.2, 0.25) is 5.91 Å². The number of hydrogen-bond donors (Lipinski definition) is 2. The van der Waals surface area contributed by atoms with Crippen LogP contribution in [0.4, 0.5) is 24.5 Å². The van der Waals surface area contributed by atoms with Gasteiger partial charge in [-0.1, -0.05) is 0 Å². The van der Waals surface area contributed by atoms with Crippen LogP contribution in [-0.4, -0.2) is 25.5 Å². The average molecular weight is 248 g/mol. The Hall–Kier alpha value is -1.76. The molecular formula is C10H11F3N2O2. The van der Waals surface area contributed by atoms with Crippen molar-refractivity contribution in [2.75, 3.05) is 24.3 Å². The summed E-state index contributed by atoms with van der Waals surface area (Å²) in [6.07, 6.45) is -2.64. The summed E-state index contributed by atoms with van der Waals surface area (Å²) in [5.74, 6) is -1.24. The lowest BCUT2D eigenvalue weighted by molar-refractivity contribution is -0.121. The minimum absolute atomic E-state index is 0.0793. The molecule has 0 unspecified atom stereocenters. The molecule has 7 heteroatoms. The molecule has 3 N–H and O–H groups in total. The van der Waals surface area contributed by atoms with Gasteiger partial charge in [0.25, 0.3) is 6.43 Å². The quantitative estimate of drug-likeness (QED) is 0.778. The van der Waals surface area contributed by atoms with Crippen molar-refractivity contribution in [3.8, 4) is 0 Å². The summed E-state index contributed by atoms with van der Waals surface area (Å²) in [6.45, 7) is -1.37. The highest BCUT2D eigenvalue weighted by molar-refractivity contribution is 5.94. The van der Waals surface area contributed by atoms with E-state index in [1.54, 1.807) is 0 Å². The van der Waals surface area contributed by atoms with E-state index in [0.717, 1.165) is 12.1 Å². The second kappa shape index (κ2) is 6.09. The van der Waals surface area contributed by atoms with Crippen LogP contribution in [0, 0.1) is 5.82 Å². The molecule has 0 aliphatic rings. The van der Waals surface area contributed by atoms with Gasteiger partial charge in [0.15, 0.2) is 0 Å². The van der Waals surface area contributed by atoms with E-state index in [9.17, 15) is 18.0 Å². The number of benzene rings is 1. The van der Waals surface area contributed by atoms with Crippen molar-refractivity contribution >= 4 is 17.3 Å². The van der Waals surface area contributed by atoms with Crippen molar-refractivity contribution < 1.29 is 22.7 Å². The standard InChI is InChI=1S/C10H11F3N2O2/c11-6-1-2-7(14)8(3-6)15-10(16)5-17-4-9(12)13/h1-3,9H,4-5,14H2,(H,15,16). The van der Waals surface area contributed by atoms with E-state index in [1.165, 1.54) is 6.07 Å². The van der Waals surface area contributed by atoms with Gasteiger partial charge in [-0.25, -0.2) is 13.2 Å². The van der Waals surface area contributed by atoms with Crippen LogP contribution in [0.25, 0.3) is 0 Å². The van der Waals surface area contributed by atoms with Crippen LogP contribution in [0.1, 0.15) is 0 Å². The van der Waals surface area contributed by atoms with Gasteiger partial charge < -0.3 is 15.8 Å². The molecule has 4 nitrogen and oxygen atoms in total. The third-order valence-corrected chi connectivity index (χ3v) is 1.77. The number of hydrogen-bond acceptors (Lipinski definition) is 3. The van der Waals surface area contributed by atoms with E-state index in [2.05, 4.69) is 10.1 Å². The first kappa shape index (κ1) is 13.3. The molecule has 0 bridgehead atoms. The number of nitrogens with two attached hydrogens (primary N) is 1. The molecule has 0 saturated heterocycles. The van der Waals surface area contributed by atoms with Crippen LogP contribution in [0.15, 0.2) is 18.2 Å². The van der Waals surface area contributed by atoms with Gasteiger partial charge in [-0.15, -0.1) is 0 Å². The van der Waals surface area contributed by atoms with Crippen LogP contribution in [-0.2, 0) is 9.53 Å². The highest BCUT2D eigenvalue weighted by Crippen LogP contribution is 2.18. The highest BCUT2D eigenvalue weighted by Gasteiger charge is 2.08. The Balaban J connectivity index is 2.47. The molecule has 17 heavy (non-hydrogen) atoms. The largest absolute Gasteiger partial charge is 0.397 e. The summed E-state index contributed by atoms with van der Waals surface area (Å²) in [5, 5.41) is 2.25. The van der Waals surface area contributed by atoms with E-state index in [0.29, 0.717) is 0 Å². The average Bonchev–Trinajstić information content (AvgIpc) is 2.23. The molecular weight excluding hydrogens is 237 g/mol. The van der Waals surface area contributed by atoms with Crippen LogP contribution < -0.4 is 11.1 Å². The van der Waals surface area contributed by atoms with Gasteiger partial charge in [-0.3, -0.25) is 4.79 Å². The fraction of sp³-hybridized carbons (Fsp3) is 0.300. The van der Waals surface area contributed by atoms with Crippen LogP contribution in [0.5, 0.6) is 0 Å². The number of halogens is 3. The monoisotopic (exact) mass is 248 g/mol. The number of carbonyl (C=O) groups is 1. The topological polar surface area (TPSA) is 64.3 Å². The van der Waals surface area contributed by atoms with Gasteiger partial charge >= 0.3 is 0 Å². The molecule has 0 radical (unpaired) electrons. The molecule has 1 aromatic carbocycles. The highest BCUT2D eigenvalue weighted by atomic mass is 19.3. The summed E-state index contributed by atoms with van der Waals surface area (Å²) in [6, 6.07) is 3.45. The van der Waals surface area contributed by atoms with Crippen LogP contribution >= 0.6 is 0 Å². The van der Waals surface area contributed by atoms with Crippen molar-refractivity contribution in [3.05, 3.63) is 24.0 Å². The number of nitrogens with one attached hydrogen (secondary N) is 1. The van der Waals surface area contributed by atoms with E-state index in [-0.39, 0.29) is 11.4 Å². The van der Waals surface area contributed by atoms with Gasteiger partial charge in [-0.2, -0.15) is 0 Å². The Morgan fingerprint density at radius 3 is 2.82 bits per heavy atom. The van der Waals surface area contributed by atoms with Crippen molar-refractivity contribution in [1.29, 1.82) is 0 Å². The fourth-order valence-electron chi connectivity index (χ4n) is 1.06. The fourth-order valence-corrected chi connectivity index (χ4v) is 1.06. The molecule has 0 fully saturated rings. The number of amides is 1. The third-order valence-electron chi connectivity index (χ3n) is 1.77. The van der Waals surface area contributed by atoms with Gasteiger partial charge in [-0.05, 0) is 18.2 Å². The third kappa shape index (κ3) is 4.73. The zero-order valence-corrected chi connectivity index (χ0v) is 8.75. The Kier molecular flexibility index (Phi) is 4.77. The predicted octanol–water partition coefficient (Wildman–Crippen LogP) is 1.63. The maximum Gasteiger partial charge on any atom is 0.261 e. The zero-order valence-electron chi connectivity index (χ0n) is 8.75. The Morgan fingerprint density at radius 2 is 2.18 bits per heavy atom. The van der Waals surface area contributed by atoms with Crippen LogP contribution in [0.3, 0.4) is 0 Å². The number of rotatable bonds is 5. The van der Waals surface area contributed by atoms with Crippen molar-refractivity contribution in [3.63, 3.8) is 0 Å². The Labute approximate surface area is 95.6 Å². The van der Waals surface area contributed by atoms with E-state index in [4.69, 9.17) is 5.73 Å². The first-order valence-corrected chi connectivity index (χ1v) is 4.70. The Bertz CT molecular complexity index is 399. The summed E-state index contributed by atoms with van der Waals surface area (Å²) in [7, 11) is 0. The number of anilines is 2. The molecule has 1 rings (SSSR count). The van der Waals surface area contributed by atoms with Crippen molar-refractivity contribution in [1.82, 2.24) is 0 Å². The van der Waals surface area contributed by atoms with Crippen molar-refractivity contribution in [2.24, 2.45) is 0 Å². The predicted molar refractivity (Wildman–Crippen MR) is 56.3 cm³/mol. The molecule has 1 aromatic rings. The van der Waals surface area contributed by atoms with Crippen molar-refractivity contribution in [2.45, 2.75) is 6.43 Å². The number of nitrogen functional groups attached to an aromatic ring is 1. The maximum absolute atomic E-state index is 12.8. The minimum Gasteiger partial charge on any atom is -0.397 e. The lowest BCUT2D eigenvalue weighted by Gasteiger charge is -2.08. The normalized spacial score (nSPS) is 10.6. The lowest BCUT2D eigenvalue weighted by Crippen LogP contribution is -2.20. The van der Waals surface area contributed by atoms with E-state index >= 15 is 0 Å². The second-order valence-electron chi connectivity index (χ2n) is 3.19. The smallest absolute Gasteiger partial charge is 0.261 e. The molecule has 0 spiro atoms. The Morgan fingerprint density at radius 1 is 1.47 bits per heavy atom. The molecule has 0 aromatic heterocycles. The summed E-state index contributed by atoms with van der Waals surface area (Å²) >= 11 is 0. The maximum atomic E-state index is 12.8. The van der Waals surface area contributed by atoms with E-state index in [1.807, 2.05) is 0 Å². The molecule has 0 saturated carbocycles. The first-order valence-electron chi connectivity index (χ1n) is 4.70. The number of ether oxygens (including phenoxy) is 1. The van der Waals surface area contributed by atoms with Gasteiger partial charge in [0, 0.05) is 0 Å². The zero-order chi connectivity index (χ0) is 12.8. The van der Waals surface area contributed by atoms with Gasteiger partial charge in [0.1, 0.15) is 19.0 Å². The molecule has 0 aliphatic carbocycles. The van der Waals surface area contributed by atoms with Crippen LogP contribution in [0.2, 0.25) is 0 Å². The second-order valence-corrected chi connectivity index (χ2v) is 3.19. The molecule has 0 atom stereocenters. The minimum atomic E-state index is -2.64. The summed E-state index contributed by atoms with van der Waals surface area (Å²) in [4.78, 5) is 11.2. The molecule has 94 valence electrons. The first-order chi connectivity index (χ1) is 7.99. The summed E-state index contributed by atoms with van der Waals surface area (Å²) < 4.78 is 40.6. The number of alkyl halides is 2. The molecule has 0 heterocycles. The number of carbonyl (C=O) groups excluding carboxylic acids is 1. The van der Waals surface area contributed by atoms with E-state index < -0.39 is 31.4 Å². The molecule has 1 amide bonds. The van der Waals surface area contributed by atoms with Gasteiger partial charge in [0.05, 0.1) is 11.4 Å². The molecule has 0 aliphatic heterocycles. The summed E-state index contributed by atoms with van der Waals surface area (Å²) in [5.41, 5.74) is 5.73.